The second-order valence-corrected chi connectivity index (χ2v) is 7.19. The lowest BCUT2D eigenvalue weighted by Gasteiger charge is -2.27. The van der Waals surface area contributed by atoms with E-state index in [1.54, 1.807) is 6.07 Å². The topological polar surface area (TPSA) is 44.4 Å². The van der Waals surface area contributed by atoms with Crippen molar-refractivity contribution >= 4 is 18.3 Å². The third-order valence-electron chi connectivity index (χ3n) is 5.20. The zero-order valence-corrected chi connectivity index (χ0v) is 17.4. The molecule has 1 amide bonds. The van der Waals surface area contributed by atoms with Crippen molar-refractivity contribution < 1.29 is 9.18 Å². The molecule has 6 heteroatoms. The first-order valence-electron chi connectivity index (χ1n) is 9.63. The summed E-state index contributed by atoms with van der Waals surface area (Å²) in [4.78, 5) is 14.7. The van der Waals surface area contributed by atoms with E-state index in [-0.39, 0.29) is 23.9 Å². The van der Waals surface area contributed by atoms with Crippen LogP contribution < -0.4 is 10.6 Å². The zero-order chi connectivity index (χ0) is 19.2. The molecule has 0 saturated carbocycles. The van der Waals surface area contributed by atoms with Gasteiger partial charge in [0.1, 0.15) is 5.82 Å². The highest BCUT2D eigenvalue weighted by Crippen LogP contribution is 2.24. The Morgan fingerprint density at radius 2 is 1.75 bits per heavy atom. The maximum absolute atomic E-state index is 14.5. The molecule has 2 aromatic carbocycles. The number of carbonyl (C=O) groups is 1. The number of piperazine rings is 1. The fraction of sp³-hybridized carbons (Fsp3) is 0.409. The first-order chi connectivity index (χ1) is 13.0. The number of carbonyl (C=O) groups excluding carboxylic acids is 1. The van der Waals surface area contributed by atoms with Gasteiger partial charge in [-0.15, -0.1) is 12.4 Å². The first-order valence-corrected chi connectivity index (χ1v) is 9.63. The van der Waals surface area contributed by atoms with Crippen LogP contribution in [0.3, 0.4) is 0 Å². The van der Waals surface area contributed by atoms with Gasteiger partial charge in [0, 0.05) is 32.7 Å². The molecular formula is C22H29ClFN3O. The number of aryl methyl sites for hydroxylation is 2. The van der Waals surface area contributed by atoms with Gasteiger partial charge in [-0.3, -0.25) is 4.79 Å². The second kappa shape index (κ2) is 10.6. The Bertz CT molecular complexity index is 806. The number of nitrogens with zero attached hydrogens (tertiary/aromatic N) is 1. The van der Waals surface area contributed by atoms with Crippen LogP contribution in [-0.2, 0) is 0 Å². The lowest BCUT2D eigenvalue weighted by atomic mass is 9.99. The van der Waals surface area contributed by atoms with Crippen LogP contribution in [0.1, 0.15) is 27.9 Å². The number of hydrogen-bond acceptors (Lipinski definition) is 3. The van der Waals surface area contributed by atoms with E-state index < -0.39 is 5.82 Å². The molecule has 2 N–H and O–H groups in total. The zero-order valence-electron chi connectivity index (χ0n) is 16.6. The minimum atomic E-state index is -0.481. The van der Waals surface area contributed by atoms with Crippen LogP contribution in [0.4, 0.5) is 4.39 Å². The summed E-state index contributed by atoms with van der Waals surface area (Å²) in [6, 6.07) is 10.9. The molecule has 4 nitrogen and oxygen atoms in total. The summed E-state index contributed by atoms with van der Waals surface area (Å²) in [5.74, 6) is -0.829. The Balaban J connectivity index is 0.00000280. The molecule has 3 rings (SSSR count). The van der Waals surface area contributed by atoms with E-state index in [2.05, 4.69) is 22.5 Å². The van der Waals surface area contributed by atoms with Gasteiger partial charge in [0.2, 0.25) is 0 Å². The third kappa shape index (κ3) is 5.77. The van der Waals surface area contributed by atoms with Gasteiger partial charge < -0.3 is 15.5 Å². The molecule has 0 aliphatic carbocycles. The number of rotatable bonds is 6. The van der Waals surface area contributed by atoms with E-state index in [1.807, 2.05) is 31.2 Å². The summed E-state index contributed by atoms with van der Waals surface area (Å²) in [6.07, 6.45) is 0.869. The summed E-state index contributed by atoms with van der Waals surface area (Å²) >= 11 is 0. The Morgan fingerprint density at radius 1 is 1.07 bits per heavy atom. The predicted octanol–water partition coefficient (Wildman–Crippen LogP) is 3.56. The Kier molecular flexibility index (Phi) is 8.42. The van der Waals surface area contributed by atoms with Crippen LogP contribution in [0.25, 0.3) is 11.1 Å². The molecule has 0 atom stereocenters. The number of amides is 1. The maximum Gasteiger partial charge on any atom is 0.254 e. The highest BCUT2D eigenvalue weighted by Gasteiger charge is 2.13. The molecule has 0 aromatic heterocycles. The summed E-state index contributed by atoms with van der Waals surface area (Å²) < 4.78 is 14.5. The largest absolute Gasteiger partial charge is 0.352 e. The Hall–Kier alpha value is -1.95. The fourth-order valence-electron chi connectivity index (χ4n) is 3.33. The second-order valence-electron chi connectivity index (χ2n) is 7.19. The summed E-state index contributed by atoms with van der Waals surface area (Å²) in [5.41, 5.74) is 4.21. The van der Waals surface area contributed by atoms with Gasteiger partial charge >= 0.3 is 0 Å². The van der Waals surface area contributed by atoms with Crippen molar-refractivity contribution in [3.8, 4) is 11.1 Å². The van der Waals surface area contributed by atoms with Crippen LogP contribution in [0, 0.1) is 19.7 Å². The molecule has 1 aliphatic rings. The number of halogens is 2. The van der Waals surface area contributed by atoms with Crippen molar-refractivity contribution in [2.45, 2.75) is 20.3 Å². The van der Waals surface area contributed by atoms with Gasteiger partial charge in [-0.05, 0) is 61.2 Å². The lowest BCUT2D eigenvalue weighted by molar-refractivity contribution is 0.0947. The molecule has 1 fully saturated rings. The summed E-state index contributed by atoms with van der Waals surface area (Å²) in [6.45, 7) is 9.73. The minimum absolute atomic E-state index is 0. The van der Waals surface area contributed by atoms with Crippen molar-refractivity contribution in [1.82, 2.24) is 15.5 Å². The molecule has 1 heterocycles. The smallest absolute Gasteiger partial charge is 0.254 e. The fourth-order valence-corrected chi connectivity index (χ4v) is 3.33. The SMILES string of the molecule is Cc1ccc(-c2ccc(C(=O)NCCCN3CCNCC3)c(F)c2)cc1C.Cl. The van der Waals surface area contributed by atoms with E-state index in [0.29, 0.717) is 6.54 Å². The van der Waals surface area contributed by atoms with Crippen molar-refractivity contribution in [2.75, 3.05) is 39.3 Å². The Morgan fingerprint density at radius 3 is 2.43 bits per heavy atom. The van der Waals surface area contributed by atoms with Gasteiger partial charge in [-0.1, -0.05) is 24.3 Å². The van der Waals surface area contributed by atoms with Gasteiger partial charge in [-0.2, -0.15) is 0 Å². The molecule has 1 aliphatic heterocycles. The van der Waals surface area contributed by atoms with Gasteiger partial charge in [0.25, 0.3) is 5.91 Å². The van der Waals surface area contributed by atoms with Crippen molar-refractivity contribution in [1.29, 1.82) is 0 Å². The number of nitrogens with one attached hydrogen (secondary N) is 2. The summed E-state index contributed by atoms with van der Waals surface area (Å²) in [5, 5.41) is 6.15. The normalized spacial score (nSPS) is 14.4. The van der Waals surface area contributed by atoms with Crippen molar-refractivity contribution in [2.24, 2.45) is 0 Å². The number of hydrogen-bond donors (Lipinski definition) is 2. The van der Waals surface area contributed by atoms with E-state index in [0.717, 1.165) is 50.3 Å². The summed E-state index contributed by atoms with van der Waals surface area (Å²) in [7, 11) is 0. The third-order valence-corrected chi connectivity index (χ3v) is 5.20. The quantitative estimate of drug-likeness (QED) is 0.722. The van der Waals surface area contributed by atoms with Crippen molar-refractivity contribution in [3.05, 3.63) is 58.9 Å². The van der Waals surface area contributed by atoms with Crippen LogP contribution >= 0.6 is 12.4 Å². The van der Waals surface area contributed by atoms with Crippen LogP contribution in [-0.4, -0.2) is 50.1 Å². The molecule has 28 heavy (non-hydrogen) atoms. The van der Waals surface area contributed by atoms with E-state index >= 15 is 0 Å². The number of benzene rings is 2. The van der Waals surface area contributed by atoms with Crippen LogP contribution in [0.5, 0.6) is 0 Å². The molecule has 0 bridgehead atoms. The van der Waals surface area contributed by atoms with E-state index in [1.165, 1.54) is 17.2 Å². The lowest BCUT2D eigenvalue weighted by Crippen LogP contribution is -2.44. The molecule has 2 aromatic rings. The van der Waals surface area contributed by atoms with E-state index in [9.17, 15) is 9.18 Å². The van der Waals surface area contributed by atoms with Crippen LogP contribution in [0.15, 0.2) is 36.4 Å². The van der Waals surface area contributed by atoms with E-state index in [4.69, 9.17) is 0 Å². The first kappa shape index (κ1) is 22.3. The van der Waals surface area contributed by atoms with Gasteiger partial charge in [0.05, 0.1) is 5.56 Å². The monoisotopic (exact) mass is 405 g/mol. The van der Waals surface area contributed by atoms with Gasteiger partial charge in [-0.25, -0.2) is 4.39 Å². The van der Waals surface area contributed by atoms with Crippen LogP contribution in [0.2, 0.25) is 0 Å². The predicted molar refractivity (Wildman–Crippen MR) is 115 cm³/mol. The minimum Gasteiger partial charge on any atom is -0.352 e. The van der Waals surface area contributed by atoms with Crippen molar-refractivity contribution in [3.63, 3.8) is 0 Å². The average Bonchev–Trinajstić information content (AvgIpc) is 2.68. The van der Waals surface area contributed by atoms with Gasteiger partial charge in [0.15, 0.2) is 0 Å². The average molecular weight is 406 g/mol. The Labute approximate surface area is 172 Å². The molecular weight excluding hydrogens is 377 g/mol. The maximum atomic E-state index is 14.5. The molecule has 0 spiro atoms. The molecule has 0 unspecified atom stereocenters. The standard InChI is InChI=1S/C22H28FN3O.ClH/c1-16-4-5-18(14-17(16)2)19-6-7-20(21(23)15-19)22(27)25-8-3-11-26-12-9-24-10-13-26;/h4-7,14-15,24H,3,8-13H2,1-2H3,(H,25,27);1H. The molecule has 1 saturated heterocycles. The highest BCUT2D eigenvalue weighted by atomic mass is 35.5. The highest BCUT2D eigenvalue weighted by molar-refractivity contribution is 5.95. The molecule has 152 valence electrons. The molecule has 0 radical (unpaired) electrons.